The number of carboxylic acids is 1. The van der Waals surface area contributed by atoms with Gasteiger partial charge in [-0.15, -0.1) is 0 Å². The normalized spacial score (nSPS) is 13.2. The Hall–Kier alpha value is -3.41. The number of carboxylic acid groups (broad SMARTS) is 1. The van der Waals surface area contributed by atoms with Gasteiger partial charge in [0.25, 0.3) is 0 Å². The lowest BCUT2D eigenvalue weighted by Gasteiger charge is -2.27. The highest BCUT2D eigenvalue weighted by Gasteiger charge is 2.32. The van der Waals surface area contributed by atoms with Crippen LogP contribution in [0, 0.1) is 5.92 Å². The fourth-order valence-electron chi connectivity index (χ4n) is 3.26. The van der Waals surface area contributed by atoms with Crippen LogP contribution in [0.25, 0.3) is 6.08 Å². The Labute approximate surface area is 202 Å². The molecule has 1 N–H and O–H groups in total. The summed E-state index contributed by atoms with van der Waals surface area (Å²) >= 11 is 0. The van der Waals surface area contributed by atoms with E-state index in [-0.39, 0.29) is 23.3 Å². The second kappa shape index (κ2) is 15.4. The maximum absolute atomic E-state index is 12.3. The first-order valence-corrected chi connectivity index (χ1v) is 11.5. The number of unbranched alkanes of at least 4 members (excludes halogenated alkanes) is 3. The predicted molar refractivity (Wildman–Crippen MR) is 134 cm³/mol. The maximum Gasteiger partial charge on any atom is 0.333 e. The molecule has 0 amide bonds. The zero-order valence-electron chi connectivity index (χ0n) is 20.4. The number of carbonyl (C=O) groups excluding carboxylic acids is 2. The molecule has 0 aliphatic heterocycles. The van der Waals surface area contributed by atoms with Crippen LogP contribution in [-0.4, -0.2) is 35.7 Å². The lowest BCUT2D eigenvalue weighted by atomic mass is 9.87. The molecule has 6 heteroatoms. The number of hydrogen-bond donors (Lipinski definition) is 1. The Morgan fingerprint density at radius 3 is 2.21 bits per heavy atom. The molecule has 0 aromatic heterocycles. The quantitative estimate of drug-likeness (QED) is 0.149. The number of carbonyl (C=O) groups is 3. The monoisotopic (exact) mass is 468 g/mol. The van der Waals surface area contributed by atoms with Crippen molar-refractivity contribution in [3.63, 3.8) is 0 Å². The van der Waals surface area contributed by atoms with Crippen molar-refractivity contribution in [2.24, 2.45) is 5.92 Å². The summed E-state index contributed by atoms with van der Waals surface area (Å²) < 4.78 is 10.9. The topological polar surface area (TPSA) is 89.9 Å². The predicted octanol–water partition coefficient (Wildman–Crippen LogP) is 5.90. The second-order valence-electron chi connectivity index (χ2n) is 8.26. The van der Waals surface area contributed by atoms with Crippen molar-refractivity contribution in [2.75, 3.05) is 6.61 Å². The van der Waals surface area contributed by atoms with Crippen molar-refractivity contribution < 1.29 is 29.0 Å². The molecule has 0 radical (unpaired) electrons. The average Bonchev–Trinajstić information content (AvgIpc) is 2.80. The highest BCUT2D eigenvalue weighted by atomic mass is 16.6. The van der Waals surface area contributed by atoms with Gasteiger partial charge in [-0.1, -0.05) is 94.3 Å². The Morgan fingerprint density at radius 2 is 1.65 bits per heavy atom. The Morgan fingerprint density at radius 1 is 1.00 bits per heavy atom. The summed E-state index contributed by atoms with van der Waals surface area (Å²) in [4.78, 5) is 36.6. The first-order chi connectivity index (χ1) is 16.2. The van der Waals surface area contributed by atoms with E-state index >= 15 is 0 Å². The van der Waals surface area contributed by atoms with E-state index in [1.807, 2.05) is 30.3 Å². The number of esters is 2. The van der Waals surface area contributed by atoms with E-state index in [0.29, 0.717) is 6.42 Å². The summed E-state index contributed by atoms with van der Waals surface area (Å²) in [6.07, 6.45) is 8.12. The van der Waals surface area contributed by atoms with Gasteiger partial charge in [-0.25, -0.2) is 14.4 Å². The molecule has 1 aromatic carbocycles. The van der Waals surface area contributed by atoms with Crippen LogP contribution in [0.3, 0.4) is 0 Å². The van der Waals surface area contributed by atoms with Crippen molar-refractivity contribution in [2.45, 2.75) is 59.0 Å². The van der Waals surface area contributed by atoms with Gasteiger partial charge in [-0.05, 0) is 25.8 Å². The number of rotatable bonds is 15. The minimum Gasteiger partial charge on any atom is -0.478 e. The van der Waals surface area contributed by atoms with E-state index in [0.717, 1.165) is 31.2 Å². The molecular weight excluding hydrogens is 432 g/mol. The highest BCUT2D eigenvalue weighted by Crippen LogP contribution is 2.27. The number of allylic oxidation sites excluding steroid dienone is 2. The molecule has 0 heterocycles. The Bertz CT molecular complexity index is 910. The van der Waals surface area contributed by atoms with E-state index in [9.17, 15) is 19.5 Å². The maximum atomic E-state index is 12.3. The Balaban J connectivity index is 3.32. The van der Waals surface area contributed by atoms with E-state index in [4.69, 9.17) is 9.47 Å². The van der Waals surface area contributed by atoms with E-state index in [1.54, 1.807) is 12.2 Å². The summed E-state index contributed by atoms with van der Waals surface area (Å²) in [6.45, 7) is 12.0. The number of hydrogen-bond acceptors (Lipinski definition) is 5. The molecule has 0 spiro atoms. The zero-order chi connectivity index (χ0) is 25.5. The van der Waals surface area contributed by atoms with Crippen LogP contribution < -0.4 is 0 Å². The number of ether oxygens (including phenoxy) is 2. The summed E-state index contributed by atoms with van der Waals surface area (Å²) in [5, 5.41) is 10.0. The van der Waals surface area contributed by atoms with Gasteiger partial charge >= 0.3 is 17.9 Å². The molecule has 0 fully saturated rings. The Kier molecular flexibility index (Phi) is 13.0. The third-order valence-electron chi connectivity index (χ3n) is 5.16. The lowest BCUT2D eigenvalue weighted by Crippen LogP contribution is -2.35. The van der Waals surface area contributed by atoms with Crippen molar-refractivity contribution in [1.82, 2.24) is 0 Å². The summed E-state index contributed by atoms with van der Waals surface area (Å²) in [5.41, 5.74) is 1.37. The third kappa shape index (κ3) is 10.5. The fraction of sp³-hybridized carbons (Fsp3) is 0.393. The SMILES string of the molecule is C=C(C)C(=O)OCC(OC(=O)C(=C)C)C(CCCCCC)C(=CC=Cc1ccccc1)C(=O)O. The van der Waals surface area contributed by atoms with Crippen LogP contribution in [-0.2, 0) is 23.9 Å². The number of aliphatic carboxylic acids is 1. The van der Waals surface area contributed by atoms with Crippen LogP contribution in [0.4, 0.5) is 0 Å². The first kappa shape index (κ1) is 28.6. The third-order valence-corrected chi connectivity index (χ3v) is 5.16. The molecular formula is C28H36O6. The van der Waals surface area contributed by atoms with E-state index in [2.05, 4.69) is 20.1 Å². The van der Waals surface area contributed by atoms with E-state index in [1.165, 1.54) is 19.9 Å². The molecule has 0 bridgehead atoms. The summed E-state index contributed by atoms with van der Waals surface area (Å²) in [5.74, 6) is -3.11. The molecule has 0 aliphatic carbocycles. The van der Waals surface area contributed by atoms with Crippen LogP contribution in [0.2, 0.25) is 0 Å². The van der Waals surface area contributed by atoms with Crippen LogP contribution in [0.15, 0.2) is 72.4 Å². The van der Waals surface area contributed by atoms with Gasteiger partial charge in [-0.2, -0.15) is 0 Å². The van der Waals surface area contributed by atoms with Gasteiger partial charge < -0.3 is 14.6 Å². The second-order valence-corrected chi connectivity index (χ2v) is 8.26. The molecule has 2 unspecified atom stereocenters. The smallest absolute Gasteiger partial charge is 0.333 e. The molecule has 0 saturated carbocycles. The van der Waals surface area contributed by atoms with Gasteiger partial charge in [0.2, 0.25) is 0 Å². The average molecular weight is 469 g/mol. The molecule has 34 heavy (non-hydrogen) atoms. The summed E-state index contributed by atoms with van der Waals surface area (Å²) in [6, 6.07) is 9.49. The fourth-order valence-corrected chi connectivity index (χ4v) is 3.26. The standard InChI is InChI=1S/C28H36O6/c1-6-7-8-12-17-23(24(26(29)30)18-13-16-22-14-10-9-11-15-22)25(34-28(32)21(4)5)19-33-27(31)20(2)3/h9-11,13-16,18,23,25H,2,4,6-8,12,17,19H2,1,3,5H3,(H,29,30). The van der Waals surface area contributed by atoms with Crippen molar-refractivity contribution in [1.29, 1.82) is 0 Å². The minimum atomic E-state index is -1.12. The first-order valence-electron chi connectivity index (χ1n) is 11.5. The van der Waals surface area contributed by atoms with Gasteiger partial charge in [0.05, 0.1) is 0 Å². The van der Waals surface area contributed by atoms with E-state index < -0.39 is 29.9 Å². The van der Waals surface area contributed by atoms with Gasteiger partial charge in [0.1, 0.15) is 12.7 Å². The van der Waals surface area contributed by atoms with Crippen molar-refractivity contribution >= 4 is 24.0 Å². The van der Waals surface area contributed by atoms with Gasteiger partial charge in [-0.3, -0.25) is 0 Å². The number of benzene rings is 1. The minimum absolute atomic E-state index is 0.0783. The highest BCUT2D eigenvalue weighted by molar-refractivity contribution is 5.89. The van der Waals surface area contributed by atoms with Crippen LogP contribution in [0.5, 0.6) is 0 Å². The van der Waals surface area contributed by atoms with Crippen LogP contribution >= 0.6 is 0 Å². The lowest BCUT2D eigenvalue weighted by molar-refractivity contribution is -0.157. The molecule has 6 nitrogen and oxygen atoms in total. The molecule has 0 aliphatic rings. The van der Waals surface area contributed by atoms with Gasteiger partial charge in [0, 0.05) is 22.6 Å². The van der Waals surface area contributed by atoms with Crippen molar-refractivity contribution in [3.05, 3.63) is 77.9 Å². The largest absolute Gasteiger partial charge is 0.478 e. The van der Waals surface area contributed by atoms with Gasteiger partial charge in [0.15, 0.2) is 0 Å². The van der Waals surface area contributed by atoms with Crippen molar-refractivity contribution in [3.8, 4) is 0 Å². The summed E-state index contributed by atoms with van der Waals surface area (Å²) in [7, 11) is 0. The molecule has 1 rings (SSSR count). The molecule has 2 atom stereocenters. The molecule has 0 saturated heterocycles. The molecule has 184 valence electrons. The zero-order valence-corrected chi connectivity index (χ0v) is 20.4. The molecule has 1 aromatic rings. The van der Waals surface area contributed by atoms with Crippen LogP contribution in [0.1, 0.15) is 58.4 Å².